The Morgan fingerprint density at radius 1 is 1.27 bits per heavy atom. The van der Waals surface area contributed by atoms with Crippen molar-refractivity contribution in [3.63, 3.8) is 0 Å². The minimum absolute atomic E-state index is 0.221. The molecule has 0 aromatic rings. The number of nitrogens with two attached hydrogens (primary N) is 1. The molecule has 2 aliphatic carbocycles. The van der Waals surface area contributed by atoms with E-state index in [1.807, 2.05) is 0 Å². The van der Waals surface area contributed by atoms with E-state index in [2.05, 4.69) is 5.32 Å². The molecule has 3 N–H and O–H groups in total. The molecule has 2 fully saturated rings. The van der Waals surface area contributed by atoms with Gasteiger partial charge in [0.25, 0.3) is 0 Å². The summed E-state index contributed by atoms with van der Waals surface area (Å²) >= 11 is 0. The number of rotatable bonds is 6. The molecule has 0 radical (unpaired) electrons. The zero-order valence-electron chi connectivity index (χ0n) is 9.08. The van der Waals surface area contributed by atoms with Gasteiger partial charge in [-0.25, -0.2) is 0 Å². The van der Waals surface area contributed by atoms with Gasteiger partial charge in [0.1, 0.15) is 0 Å². The molecule has 4 heteroatoms. The van der Waals surface area contributed by atoms with Crippen molar-refractivity contribution in [3.05, 3.63) is 0 Å². The summed E-state index contributed by atoms with van der Waals surface area (Å²) in [5.74, 6) is 2.24. The average Bonchev–Trinajstić information content (AvgIpc) is 2.85. The highest BCUT2D eigenvalue weighted by Gasteiger charge is 2.47. The standard InChI is InChI=1S/C11H20N2O2/c12-1-3-15-4-2-13-11(14)10-6-8-5-9(8)7-10/h8-10H,1-7,12H2,(H,13,14). The number of carbonyl (C=O) groups is 1. The van der Waals surface area contributed by atoms with Gasteiger partial charge in [0.05, 0.1) is 13.2 Å². The number of amides is 1. The summed E-state index contributed by atoms with van der Waals surface area (Å²) in [6.45, 7) is 2.30. The van der Waals surface area contributed by atoms with Gasteiger partial charge in [-0.2, -0.15) is 0 Å². The average molecular weight is 212 g/mol. The van der Waals surface area contributed by atoms with Crippen LogP contribution in [-0.4, -0.2) is 32.2 Å². The normalized spacial score (nSPS) is 32.5. The number of hydrogen-bond donors (Lipinski definition) is 2. The molecule has 0 aromatic heterocycles. The molecule has 2 atom stereocenters. The summed E-state index contributed by atoms with van der Waals surface area (Å²) in [6.07, 6.45) is 3.59. The Balaban J connectivity index is 1.53. The lowest BCUT2D eigenvalue weighted by atomic mass is 10.0. The van der Waals surface area contributed by atoms with Crippen molar-refractivity contribution in [3.8, 4) is 0 Å². The SMILES string of the molecule is NCCOCCNC(=O)C1CC2CC2C1. The van der Waals surface area contributed by atoms with E-state index < -0.39 is 0 Å². The van der Waals surface area contributed by atoms with Crippen LogP contribution in [-0.2, 0) is 9.53 Å². The monoisotopic (exact) mass is 212 g/mol. The molecular weight excluding hydrogens is 192 g/mol. The summed E-state index contributed by atoms with van der Waals surface area (Å²) < 4.78 is 5.19. The van der Waals surface area contributed by atoms with Crippen LogP contribution < -0.4 is 11.1 Å². The van der Waals surface area contributed by atoms with E-state index in [1.165, 1.54) is 6.42 Å². The first-order valence-electron chi connectivity index (χ1n) is 5.86. The first-order valence-corrected chi connectivity index (χ1v) is 5.86. The third-order valence-electron chi connectivity index (χ3n) is 3.42. The van der Waals surface area contributed by atoms with Crippen LogP contribution in [0.3, 0.4) is 0 Å². The predicted molar refractivity (Wildman–Crippen MR) is 57.2 cm³/mol. The lowest BCUT2D eigenvalue weighted by Crippen LogP contribution is -2.32. The van der Waals surface area contributed by atoms with E-state index >= 15 is 0 Å². The molecule has 2 aliphatic rings. The van der Waals surface area contributed by atoms with Gasteiger partial charge in [0, 0.05) is 19.0 Å². The maximum absolute atomic E-state index is 11.7. The highest BCUT2D eigenvalue weighted by molar-refractivity contribution is 5.79. The lowest BCUT2D eigenvalue weighted by Gasteiger charge is -2.12. The molecule has 0 spiro atoms. The van der Waals surface area contributed by atoms with Crippen molar-refractivity contribution < 1.29 is 9.53 Å². The van der Waals surface area contributed by atoms with Crippen molar-refractivity contribution in [1.29, 1.82) is 0 Å². The van der Waals surface area contributed by atoms with Crippen molar-refractivity contribution in [2.45, 2.75) is 19.3 Å². The van der Waals surface area contributed by atoms with Crippen molar-refractivity contribution in [2.75, 3.05) is 26.3 Å². The largest absolute Gasteiger partial charge is 0.378 e. The molecule has 86 valence electrons. The smallest absolute Gasteiger partial charge is 0.223 e. The third kappa shape index (κ3) is 2.92. The van der Waals surface area contributed by atoms with E-state index in [0.29, 0.717) is 26.3 Å². The molecule has 0 bridgehead atoms. The summed E-state index contributed by atoms with van der Waals surface area (Å²) in [7, 11) is 0. The fraction of sp³-hybridized carbons (Fsp3) is 0.909. The van der Waals surface area contributed by atoms with Crippen LogP contribution in [0.5, 0.6) is 0 Å². The second-order valence-corrected chi connectivity index (χ2v) is 4.62. The molecule has 15 heavy (non-hydrogen) atoms. The third-order valence-corrected chi connectivity index (χ3v) is 3.42. The van der Waals surface area contributed by atoms with Gasteiger partial charge in [-0.1, -0.05) is 0 Å². The van der Waals surface area contributed by atoms with Gasteiger partial charge in [-0.05, 0) is 31.1 Å². The number of fused-ring (bicyclic) bond motifs is 1. The minimum Gasteiger partial charge on any atom is -0.378 e. The van der Waals surface area contributed by atoms with Gasteiger partial charge in [-0.15, -0.1) is 0 Å². The van der Waals surface area contributed by atoms with E-state index in [0.717, 1.165) is 24.7 Å². The molecule has 0 aromatic carbocycles. The van der Waals surface area contributed by atoms with E-state index in [1.54, 1.807) is 0 Å². The summed E-state index contributed by atoms with van der Waals surface area (Å²) in [4.78, 5) is 11.7. The summed E-state index contributed by atoms with van der Waals surface area (Å²) in [5, 5.41) is 2.92. The van der Waals surface area contributed by atoms with Crippen LogP contribution in [0.2, 0.25) is 0 Å². The van der Waals surface area contributed by atoms with Crippen molar-refractivity contribution in [1.82, 2.24) is 5.32 Å². The number of carbonyl (C=O) groups excluding carboxylic acids is 1. The molecule has 4 nitrogen and oxygen atoms in total. The Bertz CT molecular complexity index is 223. The molecule has 2 unspecified atom stereocenters. The zero-order valence-corrected chi connectivity index (χ0v) is 9.08. The second kappa shape index (κ2) is 4.94. The Morgan fingerprint density at radius 2 is 2.00 bits per heavy atom. The predicted octanol–water partition coefficient (Wildman–Crippen LogP) is 0.124. The Hall–Kier alpha value is -0.610. The molecule has 2 saturated carbocycles. The van der Waals surface area contributed by atoms with Crippen LogP contribution >= 0.6 is 0 Å². The van der Waals surface area contributed by atoms with E-state index in [9.17, 15) is 4.79 Å². The molecule has 0 aliphatic heterocycles. The van der Waals surface area contributed by atoms with Crippen molar-refractivity contribution >= 4 is 5.91 Å². The quantitative estimate of drug-likeness (QED) is 0.615. The van der Waals surface area contributed by atoms with E-state index in [4.69, 9.17) is 10.5 Å². The fourth-order valence-corrected chi connectivity index (χ4v) is 2.50. The number of ether oxygens (including phenoxy) is 1. The van der Waals surface area contributed by atoms with Crippen LogP contribution in [0.4, 0.5) is 0 Å². The molecule has 2 rings (SSSR count). The minimum atomic E-state index is 0.221. The van der Waals surface area contributed by atoms with Crippen LogP contribution in [0.1, 0.15) is 19.3 Å². The van der Waals surface area contributed by atoms with Gasteiger partial charge >= 0.3 is 0 Å². The van der Waals surface area contributed by atoms with Crippen LogP contribution in [0, 0.1) is 17.8 Å². The van der Waals surface area contributed by atoms with Crippen LogP contribution in [0.15, 0.2) is 0 Å². The topological polar surface area (TPSA) is 64.3 Å². The maximum atomic E-state index is 11.7. The molecule has 1 amide bonds. The summed E-state index contributed by atoms with van der Waals surface area (Å²) in [5.41, 5.74) is 5.28. The highest BCUT2D eigenvalue weighted by atomic mass is 16.5. The first kappa shape index (κ1) is 10.9. The Kier molecular flexibility index (Phi) is 3.59. The fourth-order valence-electron chi connectivity index (χ4n) is 2.50. The molecule has 0 saturated heterocycles. The zero-order chi connectivity index (χ0) is 10.7. The van der Waals surface area contributed by atoms with Crippen LogP contribution in [0.25, 0.3) is 0 Å². The van der Waals surface area contributed by atoms with Gasteiger partial charge in [-0.3, -0.25) is 4.79 Å². The van der Waals surface area contributed by atoms with E-state index in [-0.39, 0.29) is 11.8 Å². The number of hydrogen-bond acceptors (Lipinski definition) is 3. The Labute approximate surface area is 90.5 Å². The molecular formula is C11H20N2O2. The van der Waals surface area contributed by atoms with Crippen molar-refractivity contribution in [2.24, 2.45) is 23.5 Å². The number of nitrogens with one attached hydrogen (secondary N) is 1. The second-order valence-electron chi connectivity index (χ2n) is 4.62. The maximum Gasteiger partial charge on any atom is 0.223 e. The summed E-state index contributed by atoms with van der Waals surface area (Å²) in [6, 6.07) is 0. The van der Waals surface area contributed by atoms with Gasteiger partial charge in [0.2, 0.25) is 5.91 Å². The van der Waals surface area contributed by atoms with Gasteiger partial charge in [0.15, 0.2) is 0 Å². The highest BCUT2D eigenvalue weighted by Crippen LogP contribution is 2.54. The Morgan fingerprint density at radius 3 is 2.67 bits per heavy atom. The first-order chi connectivity index (χ1) is 7.31. The lowest BCUT2D eigenvalue weighted by molar-refractivity contribution is -0.125. The van der Waals surface area contributed by atoms with Gasteiger partial charge < -0.3 is 15.8 Å². The molecule has 0 heterocycles.